The molecule has 0 spiro atoms. The van der Waals surface area contributed by atoms with E-state index in [0.717, 1.165) is 0 Å². The van der Waals surface area contributed by atoms with E-state index in [1.807, 2.05) is 0 Å². The maximum atomic E-state index is 11.9. The van der Waals surface area contributed by atoms with E-state index in [1.54, 1.807) is 6.92 Å². The van der Waals surface area contributed by atoms with Gasteiger partial charge < -0.3 is 14.1 Å². The third kappa shape index (κ3) is 4.79. The van der Waals surface area contributed by atoms with Gasteiger partial charge in [0.05, 0.1) is 5.82 Å². The van der Waals surface area contributed by atoms with Crippen LogP contribution >= 0.6 is 0 Å². The molecule has 0 aromatic carbocycles. The molecule has 1 saturated carbocycles. The van der Waals surface area contributed by atoms with Gasteiger partial charge in [0.2, 0.25) is 13.7 Å². The summed E-state index contributed by atoms with van der Waals surface area (Å²) in [4.78, 5) is 33.7. The highest BCUT2D eigenvalue weighted by Gasteiger charge is 2.53. The smallest absolute Gasteiger partial charge is 0.375 e. The highest BCUT2D eigenvalue weighted by atomic mass is 16.6. The van der Waals surface area contributed by atoms with Gasteiger partial charge in [0, 0.05) is 6.42 Å². The molecule has 2 radical (unpaired) electrons. The summed E-state index contributed by atoms with van der Waals surface area (Å²) in [7, 11) is 4.97. The Labute approximate surface area is 125 Å². The predicted octanol–water partition coefficient (Wildman–Crippen LogP) is 1.47. The standard InChI is InChI=1S/C13H18B2O6/c1-2-11(16)21-15-7-10(15)12(17)19-8-3-5-9(6-4-8)20-13(14)18/h8-10H,2-7H2,1H3. The number of ether oxygens (including phenoxy) is 2. The molecule has 112 valence electrons. The lowest BCUT2D eigenvalue weighted by Crippen LogP contribution is -2.29. The van der Waals surface area contributed by atoms with E-state index in [9.17, 15) is 14.4 Å². The maximum absolute atomic E-state index is 11.9. The van der Waals surface area contributed by atoms with E-state index in [2.05, 4.69) is 0 Å². The lowest BCUT2D eigenvalue weighted by molar-refractivity contribution is -0.150. The van der Waals surface area contributed by atoms with E-state index in [0.29, 0.717) is 38.4 Å². The normalized spacial score (nSPS) is 27.7. The molecule has 1 unspecified atom stereocenters. The molecule has 1 atom stereocenters. The molecule has 0 aromatic heterocycles. The van der Waals surface area contributed by atoms with Crippen LogP contribution in [0.25, 0.3) is 0 Å². The van der Waals surface area contributed by atoms with Crippen molar-refractivity contribution in [1.82, 2.24) is 0 Å². The third-order valence-corrected chi connectivity index (χ3v) is 3.79. The lowest BCUT2D eigenvalue weighted by Gasteiger charge is -2.28. The average molecular weight is 292 g/mol. The zero-order valence-electron chi connectivity index (χ0n) is 12.1. The van der Waals surface area contributed by atoms with Gasteiger partial charge in [-0.3, -0.25) is 14.4 Å². The fourth-order valence-corrected chi connectivity index (χ4v) is 2.49. The van der Waals surface area contributed by atoms with Crippen LogP contribution in [0.1, 0.15) is 39.0 Å². The molecule has 2 fully saturated rings. The van der Waals surface area contributed by atoms with Crippen LogP contribution < -0.4 is 0 Å². The van der Waals surface area contributed by atoms with Gasteiger partial charge in [0.15, 0.2) is 0 Å². The van der Waals surface area contributed by atoms with Crippen LogP contribution in [0, 0.1) is 0 Å². The lowest BCUT2D eigenvalue weighted by atomic mass is 9.90. The highest BCUT2D eigenvalue weighted by Crippen LogP contribution is 2.40. The van der Waals surface area contributed by atoms with E-state index in [1.165, 1.54) is 0 Å². The second kappa shape index (κ2) is 7.00. The van der Waals surface area contributed by atoms with Crippen molar-refractivity contribution in [3.8, 4) is 0 Å². The number of carbonyl (C=O) groups excluding carboxylic acids is 3. The Morgan fingerprint density at radius 1 is 1.10 bits per heavy atom. The summed E-state index contributed by atoms with van der Waals surface area (Å²) in [5.41, 5.74) is 0. The van der Waals surface area contributed by atoms with Crippen LogP contribution in [-0.4, -0.2) is 44.8 Å². The predicted molar refractivity (Wildman–Crippen MR) is 75.1 cm³/mol. The Kier molecular flexibility index (Phi) is 5.31. The van der Waals surface area contributed by atoms with Crippen LogP contribution in [0.3, 0.4) is 0 Å². The number of carbonyl (C=O) groups is 3. The van der Waals surface area contributed by atoms with Crippen molar-refractivity contribution in [2.75, 3.05) is 0 Å². The van der Waals surface area contributed by atoms with Gasteiger partial charge >= 0.3 is 12.9 Å². The first kappa shape index (κ1) is 15.9. The summed E-state index contributed by atoms with van der Waals surface area (Å²) >= 11 is 0. The first-order valence-corrected chi connectivity index (χ1v) is 7.35. The molecule has 8 heteroatoms. The average Bonchev–Trinajstić information content (AvgIpc) is 3.19. The minimum Gasteiger partial charge on any atom is -0.535 e. The quantitative estimate of drug-likeness (QED) is 0.564. The third-order valence-electron chi connectivity index (χ3n) is 3.79. The largest absolute Gasteiger partial charge is 0.535 e. The van der Waals surface area contributed by atoms with Crippen molar-refractivity contribution in [3.05, 3.63) is 0 Å². The Balaban J connectivity index is 1.66. The van der Waals surface area contributed by atoms with Gasteiger partial charge in [0.1, 0.15) is 12.2 Å². The molecule has 1 heterocycles. The molecule has 6 nitrogen and oxygen atoms in total. The molecule has 1 aliphatic heterocycles. The van der Waals surface area contributed by atoms with Crippen molar-refractivity contribution in [1.29, 1.82) is 0 Å². The zero-order chi connectivity index (χ0) is 15.4. The summed E-state index contributed by atoms with van der Waals surface area (Å²) in [6.45, 7) is 1.39. The van der Waals surface area contributed by atoms with Gasteiger partial charge in [0.25, 0.3) is 5.97 Å². The highest BCUT2D eigenvalue weighted by molar-refractivity contribution is 6.72. The van der Waals surface area contributed by atoms with Crippen molar-refractivity contribution in [2.45, 2.75) is 63.4 Å². The SMILES string of the molecule is [B]C(=O)OC1CCC(OC(=O)C2CB2OC(=O)CC)CC1. The Morgan fingerprint density at radius 3 is 2.19 bits per heavy atom. The summed E-state index contributed by atoms with van der Waals surface area (Å²) in [5.74, 6) is -1.68. The Morgan fingerprint density at radius 2 is 1.67 bits per heavy atom. The van der Waals surface area contributed by atoms with Gasteiger partial charge in [-0.05, 0) is 32.0 Å². The van der Waals surface area contributed by atoms with Gasteiger partial charge in [-0.25, -0.2) is 0 Å². The van der Waals surface area contributed by atoms with Gasteiger partial charge in [-0.15, -0.1) is 0 Å². The number of hydrogen-bond acceptors (Lipinski definition) is 6. The van der Waals surface area contributed by atoms with E-state index >= 15 is 0 Å². The maximum Gasteiger partial charge on any atom is 0.375 e. The second-order valence-electron chi connectivity index (χ2n) is 5.50. The van der Waals surface area contributed by atoms with E-state index in [-0.39, 0.29) is 36.9 Å². The van der Waals surface area contributed by atoms with Gasteiger partial charge in [-0.2, -0.15) is 0 Å². The molecule has 1 aliphatic carbocycles. The number of rotatable bonds is 5. The Bertz CT molecular complexity index is 419. The van der Waals surface area contributed by atoms with Gasteiger partial charge in [-0.1, -0.05) is 6.92 Å². The van der Waals surface area contributed by atoms with Crippen LogP contribution in [0.4, 0.5) is 4.79 Å². The molecular weight excluding hydrogens is 274 g/mol. The number of esters is 1. The molecular formula is C13H18B2O6. The summed E-state index contributed by atoms with van der Waals surface area (Å²) in [6.07, 6.45) is 3.09. The molecule has 0 bridgehead atoms. The molecule has 0 aromatic rings. The van der Waals surface area contributed by atoms with E-state index < -0.39 is 5.87 Å². The first-order chi connectivity index (χ1) is 9.99. The minimum absolute atomic E-state index is 0.159. The zero-order valence-corrected chi connectivity index (χ0v) is 12.1. The molecule has 1 saturated heterocycles. The van der Waals surface area contributed by atoms with Crippen LogP contribution in [0.2, 0.25) is 12.1 Å². The summed E-state index contributed by atoms with van der Waals surface area (Å²) in [6, 6.07) is 0. The summed E-state index contributed by atoms with van der Waals surface area (Å²) in [5, 5.41) is 0. The molecule has 0 N–H and O–H groups in total. The fraction of sp³-hybridized carbons (Fsp3) is 0.769. The van der Waals surface area contributed by atoms with E-state index in [4.69, 9.17) is 22.0 Å². The Hall–Kier alpha value is -1.46. The molecule has 2 rings (SSSR count). The van der Waals surface area contributed by atoms with Crippen LogP contribution in [0.15, 0.2) is 0 Å². The molecule has 0 amide bonds. The van der Waals surface area contributed by atoms with Crippen molar-refractivity contribution >= 4 is 32.6 Å². The van der Waals surface area contributed by atoms with Crippen molar-refractivity contribution in [2.24, 2.45) is 0 Å². The fourth-order valence-electron chi connectivity index (χ4n) is 2.49. The van der Waals surface area contributed by atoms with Crippen molar-refractivity contribution in [3.63, 3.8) is 0 Å². The second-order valence-corrected chi connectivity index (χ2v) is 5.50. The van der Waals surface area contributed by atoms with Crippen LogP contribution in [-0.2, 0) is 23.7 Å². The minimum atomic E-state index is -0.769. The monoisotopic (exact) mass is 292 g/mol. The topological polar surface area (TPSA) is 78.9 Å². The summed E-state index contributed by atoms with van der Waals surface area (Å²) < 4.78 is 15.4. The first-order valence-electron chi connectivity index (χ1n) is 7.35. The van der Waals surface area contributed by atoms with Crippen LogP contribution in [0.5, 0.6) is 0 Å². The van der Waals surface area contributed by atoms with Crippen molar-refractivity contribution < 1.29 is 28.5 Å². The molecule has 2 aliphatic rings. The number of hydrogen-bond donors (Lipinski definition) is 0. The molecule has 21 heavy (non-hydrogen) atoms.